The summed E-state index contributed by atoms with van der Waals surface area (Å²) < 4.78 is 0. The largest absolute Gasteiger partial charge is 0.313 e. The lowest BCUT2D eigenvalue weighted by atomic mass is 9.76. The molecule has 0 aliphatic heterocycles. The summed E-state index contributed by atoms with van der Waals surface area (Å²) in [5.74, 6) is 0.922. The molecule has 0 aromatic carbocycles. The monoisotopic (exact) mass is 294 g/mol. The van der Waals surface area contributed by atoms with Gasteiger partial charge in [-0.1, -0.05) is 40.0 Å². The Labute approximate surface area is 133 Å². The number of hydrogen-bond acceptors (Lipinski definition) is 2. The van der Waals surface area contributed by atoms with Gasteiger partial charge >= 0.3 is 0 Å². The van der Waals surface area contributed by atoms with Crippen LogP contribution in [0.25, 0.3) is 0 Å². The quantitative estimate of drug-likeness (QED) is 0.754. The normalized spacial score (nSPS) is 29.0. The summed E-state index contributed by atoms with van der Waals surface area (Å²) in [7, 11) is 2.32. The van der Waals surface area contributed by atoms with Crippen molar-refractivity contribution < 1.29 is 0 Å². The van der Waals surface area contributed by atoms with Gasteiger partial charge in [0.15, 0.2) is 0 Å². The zero-order valence-electron chi connectivity index (χ0n) is 15.0. The minimum absolute atomic E-state index is 0.498. The van der Waals surface area contributed by atoms with E-state index in [1.807, 2.05) is 0 Å². The Hall–Kier alpha value is -0.0800. The maximum absolute atomic E-state index is 3.85. The Bertz CT molecular complexity index is 288. The molecule has 2 fully saturated rings. The van der Waals surface area contributed by atoms with Crippen molar-refractivity contribution in [2.45, 2.75) is 90.6 Å². The fourth-order valence-electron chi connectivity index (χ4n) is 4.34. The van der Waals surface area contributed by atoms with E-state index in [9.17, 15) is 0 Å². The van der Waals surface area contributed by atoms with Gasteiger partial charge in [-0.25, -0.2) is 0 Å². The predicted molar refractivity (Wildman–Crippen MR) is 92.7 cm³/mol. The van der Waals surface area contributed by atoms with Crippen LogP contribution in [0.15, 0.2) is 0 Å². The van der Waals surface area contributed by atoms with Crippen LogP contribution in [0.5, 0.6) is 0 Å². The molecule has 21 heavy (non-hydrogen) atoms. The van der Waals surface area contributed by atoms with Crippen LogP contribution in [0.1, 0.15) is 78.6 Å². The van der Waals surface area contributed by atoms with Crippen LogP contribution in [0.2, 0.25) is 0 Å². The summed E-state index contributed by atoms with van der Waals surface area (Å²) in [4.78, 5) is 2.59. The van der Waals surface area contributed by atoms with Crippen molar-refractivity contribution in [1.29, 1.82) is 0 Å². The van der Waals surface area contributed by atoms with Crippen molar-refractivity contribution in [2.75, 3.05) is 20.1 Å². The van der Waals surface area contributed by atoms with E-state index in [1.54, 1.807) is 0 Å². The third kappa shape index (κ3) is 5.56. The highest BCUT2D eigenvalue weighted by atomic mass is 15.1. The second kappa shape index (κ2) is 7.97. The van der Waals surface area contributed by atoms with Gasteiger partial charge in [0.1, 0.15) is 0 Å². The first kappa shape index (κ1) is 17.3. The van der Waals surface area contributed by atoms with Gasteiger partial charge < -0.3 is 10.2 Å². The zero-order valence-corrected chi connectivity index (χ0v) is 15.0. The molecule has 0 aromatic heterocycles. The van der Waals surface area contributed by atoms with E-state index in [4.69, 9.17) is 0 Å². The van der Waals surface area contributed by atoms with E-state index in [2.05, 4.69) is 38.0 Å². The minimum atomic E-state index is 0.498. The number of rotatable bonds is 5. The number of nitrogens with one attached hydrogen (secondary N) is 1. The molecule has 0 bridgehead atoms. The minimum Gasteiger partial charge on any atom is -0.313 e. The third-order valence-corrected chi connectivity index (χ3v) is 6.04. The molecule has 0 radical (unpaired) electrons. The van der Waals surface area contributed by atoms with Gasteiger partial charge in [0, 0.05) is 25.2 Å². The highest BCUT2D eigenvalue weighted by Crippen LogP contribution is 2.36. The van der Waals surface area contributed by atoms with Crippen LogP contribution in [-0.2, 0) is 0 Å². The van der Waals surface area contributed by atoms with Crippen molar-refractivity contribution >= 4 is 0 Å². The average Bonchev–Trinajstić information content (AvgIpc) is 2.84. The Kier molecular flexibility index (Phi) is 6.55. The van der Waals surface area contributed by atoms with E-state index in [1.165, 1.54) is 70.9 Å². The van der Waals surface area contributed by atoms with Crippen LogP contribution < -0.4 is 5.32 Å². The van der Waals surface area contributed by atoms with Crippen LogP contribution in [-0.4, -0.2) is 37.1 Å². The Morgan fingerprint density at radius 1 is 0.905 bits per heavy atom. The van der Waals surface area contributed by atoms with Gasteiger partial charge in [0.05, 0.1) is 0 Å². The van der Waals surface area contributed by atoms with Gasteiger partial charge in [0.25, 0.3) is 0 Å². The van der Waals surface area contributed by atoms with Gasteiger partial charge in [-0.3, -0.25) is 0 Å². The maximum Gasteiger partial charge on any atom is 0.0107 e. The molecule has 2 atom stereocenters. The molecule has 2 saturated carbocycles. The van der Waals surface area contributed by atoms with E-state index < -0.39 is 0 Å². The molecule has 124 valence electrons. The Morgan fingerprint density at radius 3 is 2.29 bits per heavy atom. The molecular weight excluding hydrogens is 256 g/mol. The van der Waals surface area contributed by atoms with Gasteiger partial charge in [-0.15, -0.1) is 0 Å². The lowest BCUT2D eigenvalue weighted by Crippen LogP contribution is -2.39. The lowest BCUT2D eigenvalue weighted by molar-refractivity contribution is 0.212. The first-order chi connectivity index (χ1) is 9.97. The molecular formula is C19H38N2. The van der Waals surface area contributed by atoms with Crippen LogP contribution >= 0.6 is 0 Å². The molecule has 0 amide bonds. The fourth-order valence-corrected chi connectivity index (χ4v) is 4.34. The van der Waals surface area contributed by atoms with Crippen molar-refractivity contribution in [2.24, 2.45) is 11.3 Å². The zero-order chi connectivity index (χ0) is 15.3. The number of nitrogens with zero attached hydrogens (tertiary/aromatic N) is 1. The second-order valence-corrected chi connectivity index (χ2v) is 8.64. The van der Waals surface area contributed by atoms with E-state index in [0.717, 1.165) is 18.0 Å². The summed E-state index contributed by atoms with van der Waals surface area (Å²) >= 11 is 0. The van der Waals surface area contributed by atoms with Crippen LogP contribution in [0.3, 0.4) is 0 Å². The summed E-state index contributed by atoms with van der Waals surface area (Å²) in [6.45, 7) is 9.66. The van der Waals surface area contributed by atoms with Crippen LogP contribution in [0, 0.1) is 11.3 Å². The fraction of sp³-hybridized carbons (Fsp3) is 1.00. The number of likely N-dealkylation sites (N-methyl/N-ethyl adjacent to an activating group) is 1. The molecule has 1 N–H and O–H groups in total. The molecule has 2 unspecified atom stereocenters. The highest BCUT2D eigenvalue weighted by Gasteiger charge is 2.27. The van der Waals surface area contributed by atoms with Crippen molar-refractivity contribution in [3.63, 3.8) is 0 Å². The van der Waals surface area contributed by atoms with E-state index >= 15 is 0 Å². The topological polar surface area (TPSA) is 15.3 Å². The Balaban J connectivity index is 1.64. The van der Waals surface area contributed by atoms with E-state index in [-0.39, 0.29) is 0 Å². The molecule has 0 spiro atoms. The summed E-state index contributed by atoms with van der Waals surface area (Å²) in [5, 5.41) is 3.85. The first-order valence-electron chi connectivity index (χ1n) is 9.40. The second-order valence-electron chi connectivity index (χ2n) is 8.64. The van der Waals surface area contributed by atoms with Crippen molar-refractivity contribution in [1.82, 2.24) is 10.2 Å². The highest BCUT2D eigenvalue weighted by molar-refractivity contribution is 4.82. The molecule has 0 saturated heterocycles. The molecule has 2 rings (SSSR count). The smallest absolute Gasteiger partial charge is 0.0107 e. The number of hydrogen-bond donors (Lipinski definition) is 1. The predicted octanol–water partition coefficient (Wildman–Crippen LogP) is 4.45. The molecule has 0 heterocycles. The van der Waals surface area contributed by atoms with E-state index in [0.29, 0.717) is 5.41 Å². The summed E-state index contributed by atoms with van der Waals surface area (Å²) in [6.07, 6.45) is 12.8. The van der Waals surface area contributed by atoms with Gasteiger partial charge in [0.2, 0.25) is 0 Å². The average molecular weight is 295 g/mol. The lowest BCUT2D eigenvalue weighted by Gasteiger charge is -2.30. The maximum atomic E-state index is 3.85. The van der Waals surface area contributed by atoms with Crippen molar-refractivity contribution in [3.8, 4) is 0 Å². The Morgan fingerprint density at radius 2 is 1.62 bits per heavy atom. The van der Waals surface area contributed by atoms with Gasteiger partial charge in [-0.05, 0) is 56.9 Å². The summed E-state index contributed by atoms with van der Waals surface area (Å²) in [5.41, 5.74) is 0.498. The molecule has 0 aromatic rings. The summed E-state index contributed by atoms with van der Waals surface area (Å²) in [6, 6.07) is 1.64. The molecule has 2 aliphatic rings. The standard InChI is InChI=1S/C19H38N2/c1-19(2,3)16-8-7-9-17(13-12-16)20-14-15-21(4)18-10-5-6-11-18/h16-18,20H,5-15H2,1-4H3. The first-order valence-corrected chi connectivity index (χ1v) is 9.40. The van der Waals surface area contributed by atoms with Crippen molar-refractivity contribution in [3.05, 3.63) is 0 Å². The molecule has 2 aliphatic carbocycles. The van der Waals surface area contributed by atoms with Gasteiger partial charge in [-0.2, -0.15) is 0 Å². The van der Waals surface area contributed by atoms with Crippen LogP contribution in [0.4, 0.5) is 0 Å². The molecule has 2 heteroatoms. The molecule has 2 nitrogen and oxygen atoms in total. The third-order valence-electron chi connectivity index (χ3n) is 6.04. The SMILES string of the molecule is CN(CCNC1CCCC(C(C)(C)C)CC1)C1CCCC1.